The van der Waals surface area contributed by atoms with Crippen LogP contribution >= 0.6 is 11.3 Å². The van der Waals surface area contributed by atoms with Gasteiger partial charge >= 0.3 is 5.97 Å². The number of hydrogen-bond donors (Lipinski definition) is 1. The molecule has 5 nitrogen and oxygen atoms in total. The highest BCUT2D eigenvalue weighted by Crippen LogP contribution is 2.15. The van der Waals surface area contributed by atoms with Crippen LogP contribution in [0.25, 0.3) is 0 Å². The zero-order valence-electron chi connectivity index (χ0n) is 8.97. The zero-order valence-corrected chi connectivity index (χ0v) is 9.78. The lowest BCUT2D eigenvalue weighted by Gasteiger charge is -2.05. The first kappa shape index (κ1) is 10.8. The van der Waals surface area contributed by atoms with Gasteiger partial charge in [-0.05, 0) is 13.8 Å². The van der Waals surface area contributed by atoms with E-state index in [1.165, 1.54) is 6.20 Å². The van der Waals surface area contributed by atoms with Crippen LogP contribution in [0.4, 0.5) is 0 Å². The van der Waals surface area contributed by atoms with E-state index in [9.17, 15) is 4.79 Å². The lowest BCUT2D eigenvalue weighted by molar-refractivity contribution is 0.0685. The Bertz CT molecular complexity index is 530. The van der Waals surface area contributed by atoms with Gasteiger partial charge in [-0.1, -0.05) is 0 Å². The monoisotopic (exact) mass is 237 g/mol. The standard InChI is InChI=1S/C10H11N3O2S/c1-6-11-4-9(10(14)15)13(6)5-8-3-12-7(2)16-8/h3-4H,5H2,1-2H3,(H,14,15). The smallest absolute Gasteiger partial charge is 0.354 e. The van der Waals surface area contributed by atoms with E-state index >= 15 is 0 Å². The molecule has 0 bridgehead atoms. The molecule has 0 saturated heterocycles. The highest BCUT2D eigenvalue weighted by Gasteiger charge is 2.13. The van der Waals surface area contributed by atoms with Crippen molar-refractivity contribution in [2.75, 3.05) is 0 Å². The van der Waals surface area contributed by atoms with Gasteiger partial charge in [-0.15, -0.1) is 11.3 Å². The molecule has 0 amide bonds. The van der Waals surface area contributed by atoms with Gasteiger partial charge in [-0.2, -0.15) is 0 Å². The highest BCUT2D eigenvalue weighted by molar-refractivity contribution is 7.11. The van der Waals surface area contributed by atoms with Crippen molar-refractivity contribution in [2.24, 2.45) is 0 Å². The van der Waals surface area contributed by atoms with Gasteiger partial charge in [0.1, 0.15) is 11.5 Å². The van der Waals surface area contributed by atoms with E-state index in [-0.39, 0.29) is 5.69 Å². The average molecular weight is 237 g/mol. The molecule has 0 atom stereocenters. The number of aryl methyl sites for hydroxylation is 2. The second-order valence-corrected chi connectivity index (χ2v) is 4.75. The molecule has 0 spiro atoms. The molecule has 0 aliphatic carbocycles. The Balaban J connectivity index is 2.33. The predicted octanol–water partition coefficient (Wildman–Crippen LogP) is 1.70. The lowest BCUT2D eigenvalue weighted by Crippen LogP contribution is -2.10. The minimum absolute atomic E-state index is 0.212. The van der Waals surface area contributed by atoms with Crippen molar-refractivity contribution in [3.8, 4) is 0 Å². The van der Waals surface area contributed by atoms with Gasteiger partial charge in [-0.25, -0.2) is 14.8 Å². The summed E-state index contributed by atoms with van der Waals surface area (Å²) in [5.74, 6) is -0.259. The van der Waals surface area contributed by atoms with Crippen LogP contribution in [0.2, 0.25) is 0 Å². The van der Waals surface area contributed by atoms with Gasteiger partial charge < -0.3 is 9.67 Å². The average Bonchev–Trinajstić information content (AvgIpc) is 2.76. The number of carboxylic acid groups (broad SMARTS) is 1. The van der Waals surface area contributed by atoms with Gasteiger partial charge in [0.2, 0.25) is 0 Å². The van der Waals surface area contributed by atoms with E-state index in [1.807, 2.05) is 6.92 Å². The number of carbonyl (C=O) groups is 1. The summed E-state index contributed by atoms with van der Waals surface area (Å²) in [6.45, 7) is 4.23. The Kier molecular flexibility index (Phi) is 2.74. The first-order valence-electron chi connectivity index (χ1n) is 4.74. The maximum absolute atomic E-state index is 11.0. The largest absolute Gasteiger partial charge is 0.477 e. The summed E-state index contributed by atoms with van der Waals surface area (Å²) in [5, 5.41) is 9.97. The minimum Gasteiger partial charge on any atom is -0.477 e. The highest BCUT2D eigenvalue weighted by atomic mass is 32.1. The second kappa shape index (κ2) is 4.05. The molecule has 0 aliphatic heterocycles. The van der Waals surface area contributed by atoms with E-state index in [0.717, 1.165) is 9.88 Å². The molecular formula is C10H11N3O2S. The van der Waals surface area contributed by atoms with Crippen LogP contribution in [-0.2, 0) is 6.54 Å². The molecule has 0 aliphatic rings. The van der Waals surface area contributed by atoms with Crippen LogP contribution in [0.1, 0.15) is 26.2 Å². The fourth-order valence-electron chi connectivity index (χ4n) is 1.47. The molecule has 84 valence electrons. The van der Waals surface area contributed by atoms with E-state index in [4.69, 9.17) is 5.11 Å². The van der Waals surface area contributed by atoms with Crippen molar-refractivity contribution in [3.05, 3.63) is 33.8 Å². The fraction of sp³-hybridized carbons (Fsp3) is 0.300. The maximum atomic E-state index is 11.0. The Morgan fingerprint density at radius 3 is 2.75 bits per heavy atom. The minimum atomic E-state index is -0.957. The zero-order chi connectivity index (χ0) is 11.7. The number of imidazole rings is 1. The quantitative estimate of drug-likeness (QED) is 0.882. The summed E-state index contributed by atoms with van der Waals surface area (Å²) >= 11 is 1.56. The normalized spacial score (nSPS) is 10.6. The molecule has 1 N–H and O–H groups in total. The Morgan fingerprint density at radius 2 is 2.19 bits per heavy atom. The molecule has 6 heteroatoms. The van der Waals surface area contributed by atoms with Crippen molar-refractivity contribution in [3.63, 3.8) is 0 Å². The summed E-state index contributed by atoms with van der Waals surface area (Å²) < 4.78 is 1.68. The van der Waals surface area contributed by atoms with Crippen molar-refractivity contribution < 1.29 is 9.90 Å². The van der Waals surface area contributed by atoms with E-state index in [2.05, 4.69) is 9.97 Å². The number of nitrogens with zero attached hydrogens (tertiary/aromatic N) is 3. The molecule has 0 fully saturated rings. The van der Waals surface area contributed by atoms with Gasteiger partial charge in [0, 0.05) is 11.1 Å². The van der Waals surface area contributed by atoms with Gasteiger partial charge in [0.25, 0.3) is 0 Å². The van der Waals surface area contributed by atoms with Crippen LogP contribution in [0.3, 0.4) is 0 Å². The van der Waals surface area contributed by atoms with Gasteiger partial charge in [0.15, 0.2) is 0 Å². The van der Waals surface area contributed by atoms with Crippen LogP contribution in [-0.4, -0.2) is 25.6 Å². The summed E-state index contributed by atoms with van der Waals surface area (Å²) in [5.41, 5.74) is 0.212. The number of aromatic carboxylic acids is 1. The van der Waals surface area contributed by atoms with E-state index < -0.39 is 5.97 Å². The van der Waals surface area contributed by atoms with Crippen molar-refractivity contribution in [1.82, 2.24) is 14.5 Å². The molecule has 2 aromatic rings. The molecule has 16 heavy (non-hydrogen) atoms. The summed E-state index contributed by atoms with van der Waals surface area (Å²) in [6.07, 6.45) is 3.15. The van der Waals surface area contributed by atoms with Crippen LogP contribution in [0, 0.1) is 13.8 Å². The Labute approximate surface area is 96.4 Å². The molecule has 2 aromatic heterocycles. The number of thiazole rings is 1. The van der Waals surface area contributed by atoms with Crippen molar-refractivity contribution in [1.29, 1.82) is 0 Å². The van der Waals surface area contributed by atoms with Gasteiger partial charge in [-0.3, -0.25) is 0 Å². The van der Waals surface area contributed by atoms with E-state index in [1.54, 1.807) is 29.0 Å². The number of carboxylic acids is 1. The molecule has 0 radical (unpaired) electrons. The predicted molar refractivity (Wildman–Crippen MR) is 59.9 cm³/mol. The molecule has 0 aromatic carbocycles. The number of hydrogen-bond acceptors (Lipinski definition) is 4. The third-order valence-corrected chi connectivity index (χ3v) is 3.15. The lowest BCUT2D eigenvalue weighted by atomic mass is 10.4. The summed E-state index contributed by atoms with van der Waals surface area (Å²) in [7, 11) is 0. The first-order chi connectivity index (χ1) is 7.58. The maximum Gasteiger partial charge on any atom is 0.354 e. The van der Waals surface area contributed by atoms with Crippen molar-refractivity contribution >= 4 is 17.3 Å². The third-order valence-electron chi connectivity index (χ3n) is 2.26. The number of aromatic nitrogens is 3. The topological polar surface area (TPSA) is 68.0 Å². The molecule has 0 saturated carbocycles. The van der Waals surface area contributed by atoms with Crippen LogP contribution in [0.15, 0.2) is 12.4 Å². The second-order valence-electron chi connectivity index (χ2n) is 3.43. The summed E-state index contributed by atoms with van der Waals surface area (Å²) in [6, 6.07) is 0. The molecular weight excluding hydrogens is 226 g/mol. The summed E-state index contributed by atoms with van der Waals surface area (Å²) in [4.78, 5) is 20.1. The number of rotatable bonds is 3. The first-order valence-corrected chi connectivity index (χ1v) is 5.56. The van der Waals surface area contributed by atoms with Crippen LogP contribution < -0.4 is 0 Å². The fourth-order valence-corrected chi connectivity index (χ4v) is 2.26. The van der Waals surface area contributed by atoms with E-state index in [0.29, 0.717) is 12.4 Å². The third kappa shape index (κ3) is 1.96. The van der Waals surface area contributed by atoms with Crippen LogP contribution in [0.5, 0.6) is 0 Å². The van der Waals surface area contributed by atoms with Gasteiger partial charge in [0.05, 0.1) is 17.7 Å². The Hall–Kier alpha value is -1.69. The Morgan fingerprint density at radius 1 is 1.44 bits per heavy atom. The van der Waals surface area contributed by atoms with Crippen molar-refractivity contribution in [2.45, 2.75) is 20.4 Å². The SMILES string of the molecule is Cc1ncc(Cn2c(C(=O)O)cnc2C)s1. The molecule has 0 unspecified atom stereocenters. The molecule has 2 rings (SSSR count). The molecule has 2 heterocycles.